The molecule has 0 saturated heterocycles. The molecule has 3 aromatic rings. The minimum absolute atomic E-state index is 0. The Bertz CT molecular complexity index is 981. The van der Waals surface area contributed by atoms with Crippen molar-refractivity contribution in [3.8, 4) is 17.1 Å². The van der Waals surface area contributed by atoms with Gasteiger partial charge in [-0.25, -0.2) is 9.98 Å². The second-order valence-electron chi connectivity index (χ2n) is 7.06. The zero-order valence-corrected chi connectivity index (χ0v) is 20.4. The molecule has 10 nitrogen and oxygen atoms in total. The van der Waals surface area contributed by atoms with Crippen molar-refractivity contribution in [2.24, 2.45) is 12.0 Å². The van der Waals surface area contributed by atoms with Crippen LogP contribution in [0.1, 0.15) is 25.2 Å². The average Bonchev–Trinajstić information content (AvgIpc) is 3.40. The number of aromatic amines is 1. The summed E-state index contributed by atoms with van der Waals surface area (Å²) in [7, 11) is 3.44. The molecule has 4 N–H and O–H groups in total. The molecule has 0 radical (unpaired) electrons. The van der Waals surface area contributed by atoms with Crippen LogP contribution in [0.4, 0.5) is 0 Å². The number of aromatic nitrogens is 5. The summed E-state index contributed by atoms with van der Waals surface area (Å²) in [4.78, 5) is 9.03. The normalized spacial score (nSPS) is 13.3. The Morgan fingerprint density at radius 2 is 2.03 bits per heavy atom. The highest BCUT2D eigenvalue weighted by Crippen LogP contribution is 2.19. The molecule has 1 unspecified atom stereocenters. The van der Waals surface area contributed by atoms with Gasteiger partial charge in [-0.3, -0.25) is 9.78 Å². The van der Waals surface area contributed by atoms with E-state index in [0.29, 0.717) is 30.7 Å². The second-order valence-corrected chi connectivity index (χ2v) is 7.06. The molecule has 3 rings (SSSR count). The largest absolute Gasteiger partial charge is 0.497 e. The third-order valence-electron chi connectivity index (χ3n) is 4.54. The van der Waals surface area contributed by atoms with Crippen molar-refractivity contribution in [2.75, 3.05) is 20.2 Å². The van der Waals surface area contributed by atoms with Crippen molar-refractivity contribution in [1.29, 1.82) is 0 Å². The van der Waals surface area contributed by atoms with Crippen LogP contribution in [0.2, 0.25) is 0 Å². The van der Waals surface area contributed by atoms with Gasteiger partial charge >= 0.3 is 0 Å². The van der Waals surface area contributed by atoms with Gasteiger partial charge in [0.05, 0.1) is 19.9 Å². The number of aryl methyl sites for hydroxylation is 1. The molecule has 0 fully saturated rings. The lowest BCUT2D eigenvalue weighted by atomic mass is 10.00. The molecule has 1 aromatic carbocycles. The molecule has 0 amide bonds. The SMILES string of the molecule is CCNC(=NCc1nc(-c2ccc(OC)cc2)n[nH]1)NCC(C)(O)c1cnn(C)c1.I. The molecule has 0 bridgehead atoms. The molecule has 0 spiro atoms. The van der Waals surface area contributed by atoms with Gasteiger partial charge < -0.3 is 20.5 Å². The number of benzene rings is 1. The van der Waals surface area contributed by atoms with Crippen LogP contribution in [0, 0.1) is 0 Å². The quantitative estimate of drug-likeness (QED) is 0.195. The summed E-state index contributed by atoms with van der Waals surface area (Å²) >= 11 is 0. The third kappa shape index (κ3) is 6.66. The molecule has 11 heteroatoms. The van der Waals surface area contributed by atoms with Gasteiger partial charge in [0.1, 0.15) is 23.7 Å². The van der Waals surface area contributed by atoms with Crippen LogP contribution in [0.5, 0.6) is 5.75 Å². The van der Waals surface area contributed by atoms with Gasteiger partial charge in [-0.2, -0.15) is 10.2 Å². The highest BCUT2D eigenvalue weighted by molar-refractivity contribution is 14.0. The molecule has 0 aliphatic carbocycles. The summed E-state index contributed by atoms with van der Waals surface area (Å²) in [6.45, 7) is 4.99. The number of ether oxygens (including phenoxy) is 1. The fourth-order valence-corrected chi connectivity index (χ4v) is 2.79. The number of aliphatic imine (C=N–C) groups is 1. The molecule has 0 aliphatic rings. The first-order valence-corrected chi connectivity index (χ1v) is 9.70. The van der Waals surface area contributed by atoms with E-state index >= 15 is 0 Å². The van der Waals surface area contributed by atoms with Crippen molar-refractivity contribution < 1.29 is 9.84 Å². The Hall–Kier alpha value is -2.67. The van der Waals surface area contributed by atoms with E-state index in [1.54, 1.807) is 31.1 Å². The van der Waals surface area contributed by atoms with E-state index in [0.717, 1.165) is 16.9 Å². The monoisotopic (exact) mass is 540 g/mol. The average molecular weight is 540 g/mol. The van der Waals surface area contributed by atoms with Gasteiger partial charge in [0.2, 0.25) is 0 Å². The zero-order valence-electron chi connectivity index (χ0n) is 18.1. The first-order chi connectivity index (χ1) is 14.4. The number of aliphatic hydroxyl groups is 1. The topological polar surface area (TPSA) is 125 Å². The predicted molar refractivity (Wildman–Crippen MR) is 129 cm³/mol. The molecule has 0 aliphatic heterocycles. The molecule has 31 heavy (non-hydrogen) atoms. The number of hydrogen-bond acceptors (Lipinski definition) is 6. The Labute approximate surface area is 198 Å². The maximum atomic E-state index is 10.7. The zero-order chi connectivity index (χ0) is 21.6. The van der Waals surface area contributed by atoms with E-state index in [9.17, 15) is 5.11 Å². The highest BCUT2D eigenvalue weighted by Gasteiger charge is 2.25. The molecular formula is C20H29IN8O2. The summed E-state index contributed by atoms with van der Waals surface area (Å²) in [5.41, 5.74) is 0.533. The van der Waals surface area contributed by atoms with Crippen LogP contribution < -0.4 is 15.4 Å². The maximum Gasteiger partial charge on any atom is 0.191 e. The van der Waals surface area contributed by atoms with Gasteiger partial charge in [0.25, 0.3) is 0 Å². The Morgan fingerprint density at radius 3 is 2.65 bits per heavy atom. The van der Waals surface area contributed by atoms with Crippen LogP contribution in [-0.2, 0) is 19.2 Å². The van der Waals surface area contributed by atoms with E-state index in [1.807, 2.05) is 38.2 Å². The Morgan fingerprint density at radius 1 is 1.29 bits per heavy atom. The first-order valence-electron chi connectivity index (χ1n) is 9.70. The number of nitrogens with zero attached hydrogens (tertiary/aromatic N) is 5. The van der Waals surface area contributed by atoms with Crippen LogP contribution in [-0.4, -0.2) is 56.2 Å². The van der Waals surface area contributed by atoms with Gasteiger partial charge in [-0.1, -0.05) is 0 Å². The molecule has 2 heterocycles. The van der Waals surface area contributed by atoms with E-state index in [1.165, 1.54) is 0 Å². The van der Waals surface area contributed by atoms with Crippen molar-refractivity contribution in [1.82, 2.24) is 35.6 Å². The molecule has 1 atom stereocenters. The van der Waals surface area contributed by atoms with Gasteiger partial charge in [0.15, 0.2) is 11.8 Å². The van der Waals surface area contributed by atoms with Crippen molar-refractivity contribution in [3.05, 3.63) is 48.0 Å². The number of halogens is 1. The van der Waals surface area contributed by atoms with Crippen molar-refractivity contribution >= 4 is 29.9 Å². The minimum Gasteiger partial charge on any atom is -0.497 e. The van der Waals surface area contributed by atoms with E-state index < -0.39 is 5.60 Å². The number of methoxy groups -OCH3 is 1. The summed E-state index contributed by atoms with van der Waals surface area (Å²) < 4.78 is 6.83. The van der Waals surface area contributed by atoms with Gasteiger partial charge in [-0.15, -0.1) is 24.0 Å². The number of nitrogens with one attached hydrogen (secondary N) is 3. The third-order valence-corrected chi connectivity index (χ3v) is 4.54. The van der Waals surface area contributed by atoms with Gasteiger partial charge in [0, 0.05) is 30.9 Å². The summed E-state index contributed by atoms with van der Waals surface area (Å²) in [5, 5.41) is 28.4. The fraction of sp³-hybridized carbons (Fsp3) is 0.400. The van der Waals surface area contributed by atoms with Crippen LogP contribution in [0.15, 0.2) is 41.7 Å². The summed E-state index contributed by atoms with van der Waals surface area (Å²) in [6, 6.07) is 7.54. The van der Waals surface area contributed by atoms with E-state index in [2.05, 4.69) is 35.9 Å². The summed E-state index contributed by atoms with van der Waals surface area (Å²) in [6.07, 6.45) is 3.45. The lowest BCUT2D eigenvalue weighted by molar-refractivity contribution is 0.0616. The maximum absolute atomic E-state index is 10.7. The van der Waals surface area contributed by atoms with E-state index in [4.69, 9.17) is 4.74 Å². The number of H-pyrrole nitrogens is 1. The first kappa shape index (κ1) is 24.6. The highest BCUT2D eigenvalue weighted by atomic mass is 127. The van der Waals surface area contributed by atoms with E-state index in [-0.39, 0.29) is 30.5 Å². The van der Waals surface area contributed by atoms with Crippen LogP contribution in [0.3, 0.4) is 0 Å². The molecule has 168 valence electrons. The number of rotatable bonds is 8. The van der Waals surface area contributed by atoms with Crippen molar-refractivity contribution in [2.45, 2.75) is 26.0 Å². The van der Waals surface area contributed by atoms with Crippen LogP contribution >= 0.6 is 24.0 Å². The molecule has 0 saturated carbocycles. The lowest BCUT2D eigenvalue weighted by Crippen LogP contribution is -2.44. The van der Waals surface area contributed by atoms with Crippen LogP contribution in [0.25, 0.3) is 11.4 Å². The minimum atomic E-state index is -1.09. The second kappa shape index (κ2) is 11.1. The lowest BCUT2D eigenvalue weighted by Gasteiger charge is -2.23. The summed E-state index contributed by atoms with van der Waals surface area (Å²) in [5.74, 6) is 2.59. The molecule has 2 aromatic heterocycles. The Balaban J connectivity index is 0.00000341. The Kier molecular flexibility index (Phi) is 8.80. The number of hydrogen-bond donors (Lipinski definition) is 4. The van der Waals surface area contributed by atoms with Crippen molar-refractivity contribution in [3.63, 3.8) is 0 Å². The standard InChI is InChI=1S/C20H28N8O2.HI/c1-5-21-19(23-13-20(2,29)15-10-24-28(3)12-15)22-11-17-25-18(27-26-17)14-6-8-16(30-4)9-7-14;/h6-10,12,29H,5,11,13H2,1-4H3,(H2,21,22,23)(H,25,26,27);1H. The molecular weight excluding hydrogens is 511 g/mol. The fourth-order valence-electron chi connectivity index (χ4n) is 2.79. The van der Waals surface area contributed by atoms with Gasteiger partial charge in [-0.05, 0) is 38.1 Å². The smallest absolute Gasteiger partial charge is 0.191 e. The predicted octanol–water partition coefficient (Wildman–Crippen LogP) is 1.79. The number of guanidine groups is 1.